The maximum atomic E-state index is 11.8. The van der Waals surface area contributed by atoms with Crippen LogP contribution in [0.4, 0.5) is 0 Å². The summed E-state index contributed by atoms with van der Waals surface area (Å²) in [6.45, 7) is 5.44. The van der Waals surface area contributed by atoms with Crippen LogP contribution in [0.2, 0.25) is 0 Å². The van der Waals surface area contributed by atoms with Crippen LogP contribution in [0.15, 0.2) is 12.1 Å². The molecule has 0 saturated heterocycles. The lowest BCUT2D eigenvalue weighted by Gasteiger charge is -2.29. The Bertz CT molecular complexity index is 474. The van der Waals surface area contributed by atoms with E-state index in [0.29, 0.717) is 18.8 Å². The molecule has 21 heavy (non-hydrogen) atoms. The third-order valence-corrected chi connectivity index (χ3v) is 3.34. The van der Waals surface area contributed by atoms with Gasteiger partial charge in [-0.3, -0.25) is 4.79 Å². The molecular weight excluding hydrogens is 270 g/mol. The number of carbonyl (C=O) groups is 1. The monoisotopic (exact) mass is 295 g/mol. The molecular formula is C16H25NO4. The van der Waals surface area contributed by atoms with E-state index in [2.05, 4.69) is 0 Å². The molecule has 0 atom stereocenters. The number of hydrogen-bond acceptors (Lipinski definition) is 4. The molecule has 0 aliphatic carbocycles. The number of hydrogen-bond donors (Lipinski definition) is 0. The van der Waals surface area contributed by atoms with E-state index in [9.17, 15) is 4.79 Å². The van der Waals surface area contributed by atoms with Crippen LogP contribution in [0.5, 0.6) is 11.5 Å². The Morgan fingerprint density at radius 1 is 1.10 bits per heavy atom. The Labute approximate surface area is 126 Å². The van der Waals surface area contributed by atoms with Crippen molar-refractivity contribution in [3.05, 3.63) is 23.3 Å². The molecule has 2 rings (SSSR count). The van der Waals surface area contributed by atoms with Crippen molar-refractivity contribution < 1.29 is 19.0 Å². The highest BCUT2D eigenvalue weighted by molar-refractivity contribution is 5.77. The molecule has 1 aliphatic heterocycles. The van der Waals surface area contributed by atoms with E-state index in [1.54, 1.807) is 19.1 Å². The van der Waals surface area contributed by atoms with Gasteiger partial charge in [0.1, 0.15) is 6.61 Å². The van der Waals surface area contributed by atoms with Gasteiger partial charge in [-0.1, -0.05) is 13.8 Å². The predicted molar refractivity (Wildman–Crippen MR) is 81.9 cm³/mol. The zero-order chi connectivity index (χ0) is 15.8. The number of amides is 1. The van der Waals surface area contributed by atoms with Gasteiger partial charge in [-0.05, 0) is 29.7 Å². The zero-order valence-corrected chi connectivity index (χ0v) is 13.6. The van der Waals surface area contributed by atoms with Gasteiger partial charge < -0.3 is 19.1 Å². The van der Waals surface area contributed by atoms with Crippen molar-refractivity contribution in [3.63, 3.8) is 0 Å². The average Bonchev–Trinajstić information content (AvgIpc) is 2.55. The minimum absolute atomic E-state index is 0.0166. The molecule has 5 heteroatoms. The largest absolute Gasteiger partial charge is 0.493 e. The van der Waals surface area contributed by atoms with Gasteiger partial charge in [-0.2, -0.15) is 0 Å². The summed E-state index contributed by atoms with van der Waals surface area (Å²) in [4.78, 5) is 13.6. The van der Waals surface area contributed by atoms with E-state index in [1.807, 2.05) is 26.0 Å². The Balaban J connectivity index is 0.00000106. The molecule has 1 aromatic carbocycles. The molecule has 1 heterocycles. The normalized spacial score (nSPS) is 12.9. The van der Waals surface area contributed by atoms with E-state index in [-0.39, 0.29) is 12.5 Å². The number of carbonyl (C=O) groups excluding carboxylic acids is 1. The summed E-state index contributed by atoms with van der Waals surface area (Å²) in [6.07, 6.45) is 0.825. The van der Waals surface area contributed by atoms with Crippen molar-refractivity contribution in [2.45, 2.75) is 26.8 Å². The van der Waals surface area contributed by atoms with Gasteiger partial charge in [0, 0.05) is 20.2 Å². The fourth-order valence-corrected chi connectivity index (χ4v) is 2.31. The van der Waals surface area contributed by atoms with E-state index >= 15 is 0 Å². The molecule has 5 nitrogen and oxygen atoms in total. The van der Waals surface area contributed by atoms with Crippen LogP contribution < -0.4 is 9.47 Å². The highest BCUT2D eigenvalue weighted by Crippen LogP contribution is 2.33. The molecule has 0 radical (unpaired) electrons. The predicted octanol–water partition coefficient (Wildman–Crippen LogP) is 2.26. The van der Waals surface area contributed by atoms with Crippen LogP contribution in [0.3, 0.4) is 0 Å². The summed E-state index contributed by atoms with van der Waals surface area (Å²) in [6, 6.07) is 3.94. The summed E-state index contributed by atoms with van der Waals surface area (Å²) < 4.78 is 15.5. The fraction of sp³-hybridized carbons (Fsp3) is 0.562. The lowest BCUT2D eigenvalue weighted by atomic mass is 9.99. The van der Waals surface area contributed by atoms with Gasteiger partial charge >= 0.3 is 0 Å². The molecule has 0 spiro atoms. The molecule has 0 bridgehead atoms. The van der Waals surface area contributed by atoms with Crippen LogP contribution in [-0.2, 0) is 22.5 Å². The van der Waals surface area contributed by atoms with Crippen molar-refractivity contribution in [2.75, 3.05) is 34.5 Å². The second kappa shape index (κ2) is 8.52. The van der Waals surface area contributed by atoms with Crippen LogP contribution in [0.1, 0.15) is 25.0 Å². The van der Waals surface area contributed by atoms with Crippen LogP contribution in [-0.4, -0.2) is 45.3 Å². The van der Waals surface area contributed by atoms with Gasteiger partial charge in [-0.25, -0.2) is 0 Å². The second-order valence-corrected chi connectivity index (χ2v) is 4.47. The van der Waals surface area contributed by atoms with Gasteiger partial charge in [0.05, 0.1) is 14.2 Å². The maximum Gasteiger partial charge on any atom is 0.248 e. The maximum absolute atomic E-state index is 11.8. The summed E-state index contributed by atoms with van der Waals surface area (Å²) in [5.41, 5.74) is 2.31. The number of nitrogens with zero attached hydrogens (tertiary/aromatic N) is 1. The van der Waals surface area contributed by atoms with Crippen LogP contribution in [0, 0.1) is 0 Å². The third-order valence-electron chi connectivity index (χ3n) is 3.34. The summed E-state index contributed by atoms with van der Waals surface area (Å²) in [7, 11) is 4.77. The molecule has 1 amide bonds. The van der Waals surface area contributed by atoms with E-state index in [4.69, 9.17) is 14.2 Å². The molecule has 0 fully saturated rings. The minimum atomic E-state index is 0.0166. The lowest BCUT2D eigenvalue weighted by molar-refractivity contribution is -0.136. The second-order valence-electron chi connectivity index (χ2n) is 4.47. The lowest BCUT2D eigenvalue weighted by Crippen LogP contribution is -2.38. The van der Waals surface area contributed by atoms with Gasteiger partial charge in [-0.15, -0.1) is 0 Å². The topological polar surface area (TPSA) is 48.0 Å². The average molecular weight is 295 g/mol. The fourth-order valence-electron chi connectivity index (χ4n) is 2.31. The first kappa shape index (κ1) is 17.3. The van der Waals surface area contributed by atoms with Crippen molar-refractivity contribution in [3.8, 4) is 11.5 Å². The molecule has 0 N–H and O–H groups in total. The molecule has 1 aliphatic rings. The Morgan fingerprint density at radius 2 is 1.67 bits per heavy atom. The summed E-state index contributed by atoms with van der Waals surface area (Å²) in [5, 5.41) is 0. The number of benzene rings is 1. The standard InChI is InChI=1S/C14H19NO4.C2H6/c1-17-9-14(16)15-5-4-10-6-12(18-2)13(19-3)7-11(10)8-15;1-2/h6-7H,4-5,8-9H2,1-3H3;1-2H3. The highest BCUT2D eigenvalue weighted by atomic mass is 16.5. The Morgan fingerprint density at radius 3 is 2.19 bits per heavy atom. The Hall–Kier alpha value is -1.75. The van der Waals surface area contributed by atoms with Crippen molar-refractivity contribution >= 4 is 5.91 Å². The molecule has 0 unspecified atom stereocenters. The molecule has 0 aromatic heterocycles. The van der Waals surface area contributed by atoms with Crippen molar-refractivity contribution in [1.29, 1.82) is 0 Å². The van der Waals surface area contributed by atoms with Gasteiger partial charge in [0.25, 0.3) is 0 Å². The number of ether oxygens (including phenoxy) is 3. The van der Waals surface area contributed by atoms with E-state index < -0.39 is 0 Å². The van der Waals surface area contributed by atoms with E-state index in [1.165, 1.54) is 12.7 Å². The van der Waals surface area contributed by atoms with Gasteiger partial charge in [0.15, 0.2) is 11.5 Å². The Kier molecular flexibility index (Phi) is 7.02. The minimum Gasteiger partial charge on any atom is -0.493 e. The first-order valence-electron chi connectivity index (χ1n) is 7.20. The molecule has 0 saturated carbocycles. The van der Waals surface area contributed by atoms with Crippen molar-refractivity contribution in [1.82, 2.24) is 4.90 Å². The summed E-state index contributed by atoms with van der Waals surface area (Å²) in [5.74, 6) is 1.45. The molecule has 1 aromatic rings. The van der Waals surface area contributed by atoms with Crippen molar-refractivity contribution in [2.24, 2.45) is 0 Å². The first-order chi connectivity index (χ1) is 10.2. The first-order valence-corrected chi connectivity index (χ1v) is 7.20. The zero-order valence-electron chi connectivity index (χ0n) is 13.6. The summed E-state index contributed by atoms with van der Waals surface area (Å²) >= 11 is 0. The van der Waals surface area contributed by atoms with Crippen LogP contribution >= 0.6 is 0 Å². The SMILES string of the molecule is CC.COCC(=O)N1CCc2cc(OC)c(OC)cc2C1. The number of methoxy groups -OCH3 is 3. The smallest absolute Gasteiger partial charge is 0.248 e. The third kappa shape index (κ3) is 4.11. The highest BCUT2D eigenvalue weighted by Gasteiger charge is 2.22. The van der Waals surface area contributed by atoms with Gasteiger partial charge in [0.2, 0.25) is 5.91 Å². The quantitative estimate of drug-likeness (QED) is 0.855. The molecule has 118 valence electrons. The van der Waals surface area contributed by atoms with E-state index in [0.717, 1.165) is 17.7 Å². The van der Waals surface area contributed by atoms with Crippen LogP contribution in [0.25, 0.3) is 0 Å². The number of fused-ring (bicyclic) bond motifs is 1. The number of rotatable bonds is 4.